The molecule has 3 amide bonds. The number of nitrogens with two attached hydrogens (primary N) is 1. The molecule has 1 rings (SSSR count). The smallest absolute Gasteiger partial charge is 0.314 e. The summed E-state index contributed by atoms with van der Waals surface area (Å²) in [5.41, 5.74) is 5.21. The zero-order chi connectivity index (χ0) is 14.5. The van der Waals surface area contributed by atoms with Gasteiger partial charge in [0.2, 0.25) is 0 Å². The number of hydrogen-bond donors (Lipinski definition) is 2. The normalized spacial score (nSPS) is 22.5. The molecule has 2 atom stereocenters. The maximum Gasteiger partial charge on any atom is 0.326 e. The van der Waals surface area contributed by atoms with Gasteiger partial charge in [0.1, 0.15) is 0 Å². The van der Waals surface area contributed by atoms with Crippen LogP contribution in [0.2, 0.25) is 0 Å². The van der Waals surface area contributed by atoms with Gasteiger partial charge in [0.05, 0.1) is 0 Å². The first-order chi connectivity index (χ1) is 8.96. The van der Waals surface area contributed by atoms with Crippen molar-refractivity contribution in [2.45, 2.75) is 77.4 Å². The van der Waals surface area contributed by atoms with Crippen LogP contribution >= 0.6 is 0 Å². The summed E-state index contributed by atoms with van der Waals surface area (Å²) in [4.78, 5) is 25.4. The lowest BCUT2D eigenvalue weighted by molar-refractivity contribution is -0.131. The van der Waals surface area contributed by atoms with E-state index in [0.717, 1.165) is 44.9 Å². The number of carbonyl (C=O) groups excluding carboxylic acids is 2. The molecule has 1 heterocycles. The molecule has 1 fully saturated rings. The molecule has 0 aromatic heterocycles. The third-order valence-electron chi connectivity index (χ3n) is 3.90. The van der Waals surface area contributed by atoms with Crippen molar-refractivity contribution in [2.24, 2.45) is 5.73 Å². The van der Waals surface area contributed by atoms with Gasteiger partial charge in [-0.05, 0) is 19.8 Å². The lowest BCUT2D eigenvalue weighted by Gasteiger charge is -2.37. The summed E-state index contributed by atoms with van der Waals surface area (Å²) in [5, 5.41) is 2.50. The zero-order valence-electron chi connectivity index (χ0n) is 12.4. The summed E-state index contributed by atoms with van der Waals surface area (Å²) < 4.78 is 0. The molecule has 0 bridgehead atoms. The Bertz CT molecular complexity index is 333. The van der Waals surface area contributed by atoms with Gasteiger partial charge in [-0.15, -0.1) is 0 Å². The van der Waals surface area contributed by atoms with Crippen molar-refractivity contribution < 1.29 is 9.59 Å². The van der Waals surface area contributed by atoms with E-state index in [1.165, 1.54) is 4.90 Å². The molecule has 3 N–H and O–H groups in total. The third-order valence-corrected chi connectivity index (χ3v) is 3.90. The molecule has 1 aliphatic rings. The lowest BCUT2D eigenvalue weighted by atomic mass is 9.87. The largest absolute Gasteiger partial charge is 0.326 e. The van der Waals surface area contributed by atoms with E-state index in [1.807, 2.05) is 6.92 Å². The van der Waals surface area contributed by atoms with Crippen molar-refractivity contribution in [1.29, 1.82) is 0 Å². The van der Waals surface area contributed by atoms with Crippen LogP contribution in [-0.2, 0) is 4.79 Å². The SMILES string of the molecule is CCCCCC(C)(CCCC)N1C(=O)NC(N)C1=O. The highest BCUT2D eigenvalue weighted by atomic mass is 16.2. The molecule has 19 heavy (non-hydrogen) atoms. The molecule has 2 unspecified atom stereocenters. The van der Waals surface area contributed by atoms with E-state index in [4.69, 9.17) is 5.73 Å². The molecular formula is C14H27N3O2. The van der Waals surface area contributed by atoms with Crippen LogP contribution in [0.15, 0.2) is 0 Å². The van der Waals surface area contributed by atoms with Gasteiger partial charge < -0.3 is 11.1 Å². The Morgan fingerprint density at radius 1 is 1.16 bits per heavy atom. The average Bonchev–Trinajstić information content (AvgIpc) is 2.62. The molecule has 0 radical (unpaired) electrons. The minimum Gasteiger partial charge on any atom is -0.314 e. The average molecular weight is 269 g/mol. The standard InChI is InChI=1S/C14H27N3O2/c1-4-6-8-10-14(3,9-7-5-2)17-12(18)11(15)16-13(17)19/h11H,4-10,15H2,1-3H3,(H,16,19). The lowest BCUT2D eigenvalue weighted by Crippen LogP contribution is -2.51. The topological polar surface area (TPSA) is 75.4 Å². The molecular weight excluding hydrogens is 242 g/mol. The highest BCUT2D eigenvalue weighted by Crippen LogP contribution is 2.30. The number of amides is 3. The van der Waals surface area contributed by atoms with Crippen LogP contribution < -0.4 is 11.1 Å². The van der Waals surface area contributed by atoms with Crippen molar-refractivity contribution in [3.63, 3.8) is 0 Å². The Kier molecular flexibility index (Phi) is 5.79. The summed E-state index contributed by atoms with van der Waals surface area (Å²) in [7, 11) is 0. The molecule has 1 saturated heterocycles. The van der Waals surface area contributed by atoms with Crippen LogP contribution in [-0.4, -0.2) is 28.5 Å². The van der Waals surface area contributed by atoms with Gasteiger partial charge in [-0.3, -0.25) is 9.69 Å². The van der Waals surface area contributed by atoms with Crippen molar-refractivity contribution in [3.05, 3.63) is 0 Å². The fraction of sp³-hybridized carbons (Fsp3) is 0.857. The van der Waals surface area contributed by atoms with Crippen LogP contribution in [0.25, 0.3) is 0 Å². The first-order valence-corrected chi connectivity index (χ1v) is 7.36. The van der Waals surface area contributed by atoms with Crippen molar-refractivity contribution in [1.82, 2.24) is 10.2 Å². The molecule has 110 valence electrons. The van der Waals surface area contributed by atoms with Crippen LogP contribution in [0, 0.1) is 0 Å². The quantitative estimate of drug-likeness (QED) is 0.524. The Labute approximate surface area is 115 Å². The van der Waals surface area contributed by atoms with Crippen LogP contribution in [0.5, 0.6) is 0 Å². The summed E-state index contributed by atoms with van der Waals surface area (Å²) in [6, 6.07) is -0.340. The van der Waals surface area contributed by atoms with E-state index in [2.05, 4.69) is 19.2 Å². The summed E-state index contributed by atoms with van der Waals surface area (Å²) in [6.07, 6.45) is 6.17. The summed E-state index contributed by atoms with van der Waals surface area (Å²) in [6.45, 7) is 6.27. The fourth-order valence-corrected chi connectivity index (χ4v) is 2.67. The second kappa shape index (κ2) is 6.89. The van der Waals surface area contributed by atoms with Gasteiger partial charge in [-0.1, -0.05) is 46.0 Å². The monoisotopic (exact) mass is 269 g/mol. The van der Waals surface area contributed by atoms with Crippen molar-refractivity contribution >= 4 is 11.9 Å². The van der Waals surface area contributed by atoms with Gasteiger partial charge in [-0.25, -0.2) is 4.79 Å². The number of imide groups is 1. The maximum absolute atomic E-state index is 12.1. The number of hydrogen-bond acceptors (Lipinski definition) is 3. The molecule has 5 heteroatoms. The first-order valence-electron chi connectivity index (χ1n) is 7.36. The van der Waals surface area contributed by atoms with E-state index in [-0.39, 0.29) is 11.9 Å². The number of carbonyl (C=O) groups is 2. The molecule has 0 aliphatic carbocycles. The number of nitrogens with one attached hydrogen (secondary N) is 1. The van der Waals surface area contributed by atoms with E-state index >= 15 is 0 Å². The van der Waals surface area contributed by atoms with Gasteiger partial charge >= 0.3 is 6.03 Å². The van der Waals surface area contributed by atoms with Gasteiger partial charge in [0.15, 0.2) is 6.17 Å². The number of unbranched alkanes of at least 4 members (excludes halogenated alkanes) is 3. The van der Waals surface area contributed by atoms with Crippen LogP contribution in [0.3, 0.4) is 0 Å². The van der Waals surface area contributed by atoms with E-state index in [1.54, 1.807) is 0 Å². The second-order valence-electron chi connectivity index (χ2n) is 5.66. The zero-order valence-corrected chi connectivity index (χ0v) is 12.4. The van der Waals surface area contributed by atoms with Crippen LogP contribution in [0.4, 0.5) is 4.79 Å². The third kappa shape index (κ3) is 3.69. The predicted octanol–water partition coefficient (Wildman–Crippen LogP) is 2.35. The molecule has 1 aliphatic heterocycles. The number of urea groups is 1. The molecule has 0 aromatic rings. The Morgan fingerprint density at radius 2 is 1.74 bits per heavy atom. The van der Waals surface area contributed by atoms with Crippen LogP contribution in [0.1, 0.15) is 65.7 Å². The molecule has 0 saturated carbocycles. The Morgan fingerprint density at radius 3 is 2.21 bits per heavy atom. The summed E-state index contributed by atoms with van der Waals surface area (Å²) in [5.74, 6) is -0.292. The number of rotatable bonds is 8. The second-order valence-corrected chi connectivity index (χ2v) is 5.66. The van der Waals surface area contributed by atoms with Gasteiger partial charge in [0, 0.05) is 5.54 Å². The highest BCUT2D eigenvalue weighted by molar-refractivity contribution is 6.04. The summed E-state index contributed by atoms with van der Waals surface area (Å²) >= 11 is 0. The first kappa shape index (κ1) is 16.0. The highest BCUT2D eigenvalue weighted by Gasteiger charge is 2.46. The van der Waals surface area contributed by atoms with E-state index < -0.39 is 11.7 Å². The molecule has 0 spiro atoms. The van der Waals surface area contributed by atoms with Gasteiger partial charge in [0.25, 0.3) is 5.91 Å². The van der Waals surface area contributed by atoms with E-state index in [9.17, 15) is 9.59 Å². The van der Waals surface area contributed by atoms with Gasteiger partial charge in [-0.2, -0.15) is 0 Å². The fourth-order valence-electron chi connectivity index (χ4n) is 2.67. The maximum atomic E-state index is 12.1. The predicted molar refractivity (Wildman–Crippen MR) is 75.4 cm³/mol. The van der Waals surface area contributed by atoms with Crippen molar-refractivity contribution in [3.8, 4) is 0 Å². The molecule has 5 nitrogen and oxygen atoms in total. The van der Waals surface area contributed by atoms with Crippen molar-refractivity contribution in [2.75, 3.05) is 0 Å². The van der Waals surface area contributed by atoms with E-state index in [0.29, 0.717) is 0 Å². The minimum absolute atomic E-state index is 0.292. The molecule has 0 aromatic carbocycles. The Hall–Kier alpha value is -1.10. The number of nitrogens with zero attached hydrogens (tertiary/aromatic N) is 1. The Balaban J connectivity index is 2.82. The minimum atomic E-state index is -0.875.